The number of benzene rings is 4. The Morgan fingerprint density at radius 1 is 0.320 bits per heavy atom. The lowest BCUT2D eigenvalue weighted by Gasteiger charge is -2.21. The number of aryl methyl sites for hydroxylation is 2. The van der Waals surface area contributed by atoms with Crippen LogP contribution in [0.2, 0.25) is 0 Å². The van der Waals surface area contributed by atoms with Crippen LogP contribution in [-0.4, -0.2) is 0 Å². The van der Waals surface area contributed by atoms with Gasteiger partial charge in [0, 0.05) is 22.7 Å². The van der Waals surface area contributed by atoms with Gasteiger partial charge in [-0.2, -0.15) is 0 Å². The molecule has 0 aliphatic heterocycles. The molecule has 0 fully saturated rings. The second-order valence-corrected chi connectivity index (χ2v) is 16.5. The highest BCUT2D eigenvalue weighted by molar-refractivity contribution is 5.62. The van der Waals surface area contributed by atoms with Gasteiger partial charge >= 0.3 is 0 Å². The number of rotatable bonds is 10. The van der Waals surface area contributed by atoms with Crippen molar-refractivity contribution < 1.29 is 0 Å². The maximum absolute atomic E-state index is 6.48. The Balaban J connectivity index is 0.000000274. The van der Waals surface area contributed by atoms with E-state index in [2.05, 4.69) is 145 Å². The van der Waals surface area contributed by atoms with Gasteiger partial charge in [0.1, 0.15) is 0 Å². The van der Waals surface area contributed by atoms with Crippen LogP contribution < -0.4 is 22.9 Å². The highest BCUT2D eigenvalue weighted by Gasteiger charge is 2.17. The van der Waals surface area contributed by atoms with Gasteiger partial charge in [-0.25, -0.2) is 0 Å². The van der Waals surface area contributed by atoms with E-state index in [1.165, 1.54) is 66.8 Å². The van der Waals surface area contributed by atoms with E-state index < -0.39 is 0 Å². The van der Waals surface area contributed by atoms with Crippen molar-refractivity contribution in [3.8, 4) is 0 Å². The zero-order valence-corrected chi connectivity index (χ0v) is 33.8. The quantitative estimate of drug-likeness (QED) is 0.125. The molecule has 4 nitrogen and oxygen atoms in total. The number of nitrogen functional groups attached to an aromatic ring is 4. The molecule has 0 aliphatic rings. The zero-order chi connectivity index (χ0) is 37.8. The molecule has 0 atom stereocenters. The Hall–Kier alpha value is -3.92. The van der Waals surface area contributed by atoms with Crippen LogP contribution in [0.25, 0.3) is 0 Å². The highest BCUT2D eigenvalue weighted by Crippen LogP contribution is 2.36. The minimum absolute atomic E-state index is 0.423. The summed E-state index contributed by atoms with van der Waals surface area (Å²) >= 11 is 0. The highest BCUT2D eigenvalue weighted by atomic mass is 14.6. The summed E-state index contributed by atoms with van der Waals surface area (Å²) in [5.41, 5.74) is 44.4. The number of anilines is 4. The van der Waals surface area contributed by atoms with Gasteiger partial charge in [0.05, 0.1) is 0 Å². The van der Waals surface area contributed by atoms with Gasteiger partial charge in [-0.15, -0.1) is 0 Å². The average molecular weight is 677 g/mol. The first-order valence-electron chi connectivity index (χ1n) is 18.8. The molecule has 0 amide bonds. The van der Waals surface area contributed by atoms with Crippen LogP contribution in [0.4, 0.5) is 22.7 Å². The number of hydrogen-bond donors (Lipinski definition) is 4. The van der Waals surface area contributed by atoms with Crippen molar-refractivity contribution in [2.24, 2.45) is 0 Å². The van der Waals surface area contributed by atoms with E-state index in [0.717, 1.165) is 35.6 Å². The third kappa shape index (κ3) is 9.65. The van der Waals surface area contributed by atoms with E-state index in [-0.39, 0.29) is 0 Å². The molecule has 272 valence electrons. The van der Waals surface area contributed by atoms with Crippen LogP contribution in [0.3, 0.4) is 0 Å². The lowest BCUT2D eigenvalue weighted by atomic mass is 9.86. The molecule has 0 heterocycles. The Bertz CT molecular complexity index is 1580. The molecule has 8 N–H and O–H groups in total. The molecule has 0 saturated carbocycles. The summed E-state index contributed by atoms with van der Waals surface area (Å²) in [4.78, 5) is 0. The fourth-order valence-electron chi connectivity index (χ4n) is 7.08. The molecule has 4 heteroatoms. The van der Waals surface area contributed by atoms with Crippen LogP contribution in [-0.2, 0) is 12.8 Å². The van der Waals surface area contributed by atoms with E-state index in [1.807, 2.05) is 0 Å². The smallest absolute Gasteiger partial charge is 0.0384 e. The number of nitrogens with two attached hydrogens (primary N) is 4. The SMILES string of the molecule is CC(C)c1cc(Cc2cc(C(C)C)c(N)c(C(C)C)c2)cc(C(C)C)c1N.Cc1cc(Cc2cc(C)c(N)c(C(C)C)c2)cc(C(C)C)c1N. The van der Waals surface area contributed by atoms with Crippen molar-refractivity contribution in [3.05, 3.63) is 115 Å². The second kappa shape index (κ2) is 16.9. The van der Waals surface area contributed by atoms with Crippen LogP contribution in [0, 0.1) is 13.8 Å². The van der Waals surface area contributed by atoms with E-state index in [1.54, 1.807) is 0 Å². The molecule has 4 aromatic rings. The first-order chi connectivity index (χ1) is 23.2. The predicted molar refractivity (Wildman–Crippen MR) is 223 cm³/mol. The minimum atomic E-state index is 0.423. The van der Waals surface area contributed by atoms with Crippen LogP contribution in [0.5, 0.6) is 0 Å². The molecule has 4 rings (SSSR count). The zero-order valence-electron chi connectivity index (χ0n) is 33.8. The molecule has 0 spiro atoms. The van der Waals surface area contributed by atoms with Crippen molar-refractivity contribution in [1.29, 1.82) is 0 Å². The molecule has 0 saturated heterocycles. The molecule has 0 aromatic heterocycles. The van der Waals surface area contributed by atoms with Crippen LogP contribution in [0.15, 0.2) is 48.5 Å². The summed E-state index contributed by atoms with van der Waals surface area (Å²) in [6.45, 7) is 30.7. The summed E-state index contributed by atoms with van der Waals surface area (Å²) < 4.78 is 0. The molecule has 0 aliphatic carbocycles. The fourth-order valence-corrected chi connectivity index (χ4v) is 7.08. The second-order valence-electron chi connectivity index (χ2n) is 16.5. The average Bonchev–Trinajstić information content (AvgIpc) is 3.01. The van der Waals surface area contributed by atoms with Crippen molar-refractivity contribution >= 4 is 22.7 Å². The minimum Gasteiger partial charge on any atom is -0.398 e. The van der Waals surface area contributed by atoms with Gasteiger partial charge in [0.2, 0.25) is 0 Å². The van der Waals surface area contributed by atoms with Crippen LogP contribution in [0.1, 0.15) is 185 Å². The Morgan fingerprint density at radius 3 is 0.700 bits per heavy atom. The summed E-state index contributed by atoms with van der Waals surface area (Å²) in [5, 5.41) is 0. The maximum atomic E-state index is 6.48. The lowest BCUT2D eigenvalue weighted by Crippen LogP contribution is -2.07. The molecule has 0 unspecified atom stereocenters. The third-order valence-corrected chi connectivity index (χ3v) is 10.1. The fraction of sp³-hybridized carbons (Fsp3) is 0.478. The topological polar surface area (TPSA) is 104 Å². The van der Waals surface area contributed by atoms with E-state index >= 15 is 0 Å². The van der Waals surface area contributed by atoms with Gasteiger partial charge in [-0.1, -0.05) is 132 Å². The number of hydrogen-bond acceptors (Lipinski definition) is 4. The maximum Gasteiger partial charge on any atom is 0.0384 e. The Morgan fingerprint density at radius 2 is 0.500 bits per heavy atom. The van der Waals surface area contributed by atoms with Gasteiger partial charge < -0.3 is 22.9 Å². The van der Waals surface area contributed by atoms with Crippen molar-refractivity contribution in [1.82, 2.24) is 0 Å². The monoisotopic (exact) mass is 677 g/mol. The van der Waals surface area contributed by atoms with Gasteiger partial charge in [0.25, 0.3) is 0 Å². The van der Waals surface area contributed by atoms with E-state index in [9.17, 15) is 0 Å². The first-order valence-corrected chi connectivity index (χ1v) is 18.8. The van der Waals surface area contributed by atoms with Crippen molar-refractivity contribution in [3.63, 3.8) is 0 Å². The third-order valence-electron chi connectivity index (χ3n) is 10.1. The summed E-state index contributed by atoms with van der Waals surface area (Å²) in [7, 11) is 0. The molecular weight excluding hydrogens is 609 g/mol. The lowest BCUT2D eigenvalue weighted by molar-refractivity contribution is 0.829. The van der Waals surface area contributed by atoms with Gasteiger partial charge in [-0.3, -0.25) is 0 Å². The normalized spacial score (nSPS) is 11.8. The van der Waals surface area contributed by atoms with Crippen molar-refractivity contribution in [2.45, 2.75) is 145 Å². The van der Waals surface area contributed by atoms with Crippen LogP contribution >= 0.6 is 0 Å². The standard InChI is InChI=1S/C25H38N2.C21H30N2/c1-14(2)20-10-18(11-21(15(3)4)24(20)26)9-19-12-22(16(5)6)25(27)23(13-19)17(7)8;1-12(2)18-10-16(7-14(5)20(18)22)9-17-8-15(6)21(23)19(11-17)13(3)4/h10-17H,9,26-27H2,1-8H3;7-8,10-13H,9,22-23H2,1-6H3. The van der Waals surface area contributed by atoms with Crippen molar-refractivity contribution in [2.75, 3.05) is 22.9 Å². The molecule has 0 radical (unpaired) electrons. The van der Waals surface area contributed by atoms with E-state index in [4.69, 9.17) is 22.9 Å². The molecule has 50 heavy (non-hydrogen) atoms. The van der Waals surface area contributed by atoms with Gasteiger partial charge in [-0.05, 0) is 129 Å². The predicted octanol–water partition coefficient (Wildman–Crippen LogP) is 12.2. The van der Waals surface area contributed by atoms with Gasteiger partial charge in [0.15, 0.2) is 0 Å². The Labute approximate surface area is 305 Å². The first kappa shape index (κ1) is 40.5. The molecular formula is C46H68N4. The summed E-state index contributed by atoms with van der Waals surface area (Å²) in [5.74, 6) is 2.57. The summed E-state index contributed by atoms with van der Waals surface area (Å²) in [6, 6.07) is 18.1. The summed E-state index contributed by atoms with van der Waals surface area (Å²) in [6.07, 6.45) is 1.83. The largest absolute Gasteiger partial charge is 0.398 e. The molecule has 0 bridgehead atoms. The van der Waals surface area contributed by atoms with E-state index in [0.29, 0.717) is 35.5 Å². The Kier molecular flexibility index (Phi) is 13.7. The molecule has 4 aromatic carbocycles.